The lowest BCUT2D eigenvalue weighted by Crippen LogP contribution is -2.47. The third-order valence-corrected chi connectivity index (χ3v) is 4.20. The van der Waals surface area contributed by atoms with Crippen LogP contribution in [0.5, 0.6) is 0 Å². The average molecular weight is 324 g/mol. The van der Waals surface area contributed by atoms with Gasteiger partial charge in [0.05, 0.1) is 12.6 Å². The molecular weight excluding hydrogens is 302 g/mol. The topological polar surface area (TPSA) is 61.4 Å². The van der Waals surface area contributed by atoms with Crippen molar-refractivity contribution in [2.45, 2.75) is 31.7 Å². The second kappa shape index (κ2) is 7.61. The molecule has 3 rings (SSSR count). The van der Waals surface area contributed by atoms with E-state index in [1.54, 1.807) is 4.90 Å². The van der Waals surface area contributed by atoms with Crippen LogP contribution in [0.2, 0.25) is 0 Å². The molecule has 0 saturated carbocycles. The van der Waals surface area contributed by atoms with Crippen LogP contribution in [0, 0.1) is 0 Å². The van der Waals surface area contributed by atoms with Gasteiger partial charge < -0.3 is 15.5 Å². The minimum Gasteiger partial charge on any atom is -0.346 e. The summed E-state index contributed by atoms with van der Waals surface area (Å²) in [5.41, 5.74) is 2.20. The van der Waals surface area contributed by atoms with E-state index < -0.39 is 0 Å². The first-order valence-electron chi connectivity index (χ1n) is 7.65. The number of para-hydroxylation sites is 1. The molecular formula is C16H22ClN3O2. The fourth-order valence-electron chi connectivity index (χ4n) is 3.08. The van der Waals surface area contributed by atoms with E-state index in [4.69, 9.17) is 0 Å². The molecule has 1 saturated heterocycles. The quantitative estimate of drug-likeness (QED) is 0.880. The molecule has 2 aliphatic heterocycles. The lowest BCUT2D eigenvalue weighted by Gasteiger charge is -2.29. The maximum atomic E-state index is 12.4. The maximum absolute atomic E-state index is 12.4. The van der Waals surface area contributed by atoms with Crippen molar-refractivity contribution < 1.29 is 9.59 Å². The summed E-state index contributed by atoms with van der Waals surface area (Å²) in [4.78, 5) is 26.1. The second-order valence-corrected chi connectivity index (χ2v) is 5.64. The number of fused-ring (bicyclic) bond motifs is 1. The van der Waals surface area contributed by atoms with E-state index in [1.807, 2.05) is 18.2 Å². The van der Waals surface area contributed by atoms with E-state index in [1.165, 1.54) is 5.56 Å². The first-order chi connectivity index (χ1) is 10.3. The lowest BCUT2D eigenvalue weighted by molar-refractivity contribution is -0.126. The number of aryl methyl sites for hydroxylation is 1. The van der Waals surface area contributed by atoms with Crippen molar-refractivity contribution in [3.63, 3.8) is 0 Å². The van der Waals surface area contributed by atoms with Gasteiger partial charge in [-0.25, -0.2) is 0 Å². The fourth-order valence-corrected chi connectivity index (χ4v) is 3.08. The SMILES string of the molecule is Cl.O=C(NCC(=O)N1CCCc2ccccc21)C1CCCN1. The number of rotatable bonds is 3. The Morgan fingerprint density at radius 3 is 2.86 bits per heavy atom. The molecule has 1 aromatic carbocycles. The van der Waals surface area contributed by atoms with Crippen molar-refractivity contribution in [2.75, 3.05) is 24.5 Å². The second-order valence-electron chi connectivity index (χ2n) is 5.64. The number of anilines is 1. The highest BCUT2D eigenvalue weighted by Crippen LogP contribution is 2.26. The van der Waals surface area contributed by atoms with Crippen molar-refractivity contribution >= 4 is 29.9 Å². The van der Waals surface area contributed by atoms with Crippen molar-refractivity contribution in [1.29, 1.82) is 0 Å². The fraction of sp³-hybridized carbons (Fsp3) is 0.500. The molecule has 120 valence electrons. The minimum absolute atomic E-state index is 0. The van der Waals surface area contributed by atoms with Gasteiger partial charge in [0.15, 0.2) is 0 Å². The normalized spacial score (nSPS) is 20.0. The van der Waals surface area contributed by atoms with Gasteiger partial charge in [-0.05, 0) is 43.9 Å². The van der Waals surface area contributed by atoms with Crippen LogP contribution in [-0.2, 0) is 16.0 Å². The highest BCUT2D eigenvalue weighted by Gasteiger charge is 2.25. The summed E-state index contributed by atoms with van der Waals surface area (Å²) >= 11 is 0. The summed E-state index contributed by atoms with van der Waals surface area (Å²) in [5, 5.41) is 5.90. The van der Waals surface area contributed by atoms with Gasteiger partial charge in [-0.15, -0.1) is 12.4 Å². The Labute approximate surface area is 136 Å². The molecule has 2 aliphatic rings. The van der Waals surface area contributed by atoms with E-state index >= 15 is 0 Å². The Kier molecular flexibility index (Phi) is 5.80. The van der Waals surface area contributed by atoms with Crippen molar-refractivity contribution in [3.8, 4) is 0 Å². The summed E-state index contributed by atoms with van der Waals surface area (Å²) in [7, 11) is 0. The Bertz CT molecular complexity index is 544. The molecule has 6 heteroatoms. The molecule has 5 nitrogen and oxygen atoms in total. The number of nitrogens with zero attached hydrogens (tertiary/aromatic N) is 1. The molecule has 0 aromatic heterocycles. The van der Waals surface area contributed by atoms with E-state index in [2.05, 4.69) is 16.7 Å². The summed E-state index contributed by atoms with van der Waals surface area (Å²) in [6.07, 6.45) is 3.86. The van der Waals surface area contributed by atoms with Crippen LogP contribution < -0.4 is 15.5 Å². The van der Waals surface area contributed by atoms with E-state index in [9.17, 15) is 9.59 Å². The van der Waals surface area contributed by atoms with Gasteiger partial charge in [-0.3, -0.25) is 9.59 Å². The van der Waals surface area contributed by atoms with E-state index in [0.717, 1.165) is 44.5 Å². The molecule has 2 heterocycles. The molecule has 1 aromatic rings. The van der Waals surface area contributed by atoms with Crippen LogP contribution in [0.25, 0.3) is 0 Å². The minimum atomic E-state index is -0.133. The number of benzene rings is 1. The number of amides is 2. The van der Waals surface area contributed by atoms with Crippen molar-refractivity contribution in [2.24, 2.45) is 0 Å². The van der Waals surface area contributed by atoms with Crippen molar-refractivity contribution in [3.05, 3.63) is 29.8 Å². The Morgan fingerprint density at radius 2 is 2.09 bits per heavy atom. The molecule has 0 aliphatic carbocycles. The predicted molar refractivity (Wildman–Crippen MR) is 88.4 cm³/mol. The van der Waals surface area contributed by atoms with Crippen LogP contribution in [0.1, 0.15) is 24.8 Å². The lowest BCUT2D eigenvalue weighted by atomic mass is 10.0. The van der Waals surface area contributed by atoms with Crippen molar-refractivity contribution in [1.82, 2.24) is 10.6 Å². The summed E-state index contributed by atoms with van der Waals surface area (Å²) in [6, 6.07) is 7.86. The van der Waals surface area contributed by atoms with Crippen LogP contribution in [0.3, 0.4) is 0 Å². The molecule has 1 unspecified atom stereocenters. The highest BCUT2D eigenvalue weighted by molar-refractivity contribution is 5.98. The van der Waals surface area contributed by atoms with Gasteiger partial charge in [0.25, 0.3) is 0 Å². The number of hydrogen-bond acceptors (Lipinski definition) is 3. The van der Waals surface area contributed by atoms with Gasteiger partial charge in [-0.1, -0.05) is 18.2 Å². The number of carbonyl (C=O) groups excluding carboxylic acids is 2. The van der Waals surface area contributed by atoms with Crippen LogP contribution in [0.15, 0.2) is 24.3 Å². The number of carbonyl (C=O) groups is 2. The average Bonchev–Trinajstić information content (AvgIpc) is 3.06. The first-order valence-corrected chi connectivity index (χ1v) is 7.65. The summed E-state index contributed by atoms with van der Waals surface area (Å²) < 4.78 is 0. The number of hydrogen-bond donors (Lipinski definition) is 2. The Balaban J connectivity index is 0.00000176. The Hall–Kier alpha value is -1.59. The molecule has 2 N–H and O–H groups in total. The summed E-state index contributed by atoms with van der Waals surface area (Å²) in [6.45, 7) is 1.68. The predicted octanol–water partition coefficient (Wildman–Crippen LogP) is 1.26. The van der Waals surface area contributed by atoms with Gasteiger partial charge in [0.2, 0.25) is 11.8 Å². The zero-order valence-electron chi connectivity index (χ0n) is 12.5. The Morgan fingerprint density at radius 1 is 1.27 bits per heavy atom. The smallest absolute Gasteiger partial charge is 0.246 e. The zero-order chi connectivity index (χ0) is 14.7. The third kappa shape index (κ3) is 3.59. The molecule has 0 spiro atoms. The van der Waals surface area contributed by atoms with Gasteiger partial charge >= 0.3 is 0 Å². The van der Waals surface area contributed by atoms with Crippen LogP contribution in [0.4, 0.5) is 5.69 Å². The molecule has 1 atom stereocenters. The standard InChI is InChI=1S/C16H21N3O2.ClH/c20-15(11-18-16(21)13-7-3-9-17-13)19-10-4-6-12-5-1-2-8-14(12)19;/h1-2,5,8,13,17H,3-4,6-7,9-11H2,(H,18,21);1H. The third-order valence-electron chi connectivity index (χ3n) is 4.20. The van der Waals surface area contributed by atoms with Gasteiger partial charge in [-0.2, -0.15) is 0 Å². The van der Waals surface area contributed by atoms with Gasteiger partial charge in [0, 0.05) is 12.2 Å². The number of halogens is 1. The summed E-state index contributed by atoms with van der Waals surface area (Å²) in [5.74, 6) is -0.0976. The maximum Gasteiger partial charge on any atom is 0.246 e. The monoisotopic (exact) mass is 323 g/mol. The molecule has 2 amide bonds. The van der Waals surface area contributed by atoms with Crippen LogP contribution in [-0.4, -0.2) is 37.5 Å². The molecule has 1 fully saturated rings. The zero-order valence-corrected chi connectivity index (χ0v) is 13.3. The first kappa shape index (κ1) is 16.8. The van der Waals surface area contributed by atoms with E-state index in [0.29, 0.717) is 0 Å². The molecule has 22 heavy (non-hydrogen) atoms. The largest absolute Gasteiger partial charge is 0.346 e. The van der Waals surface area contributed by atoms with E-state index in [-0.39, 0.29) is 36.8 Å². The van der Waals surface area contributed by atoms with Gasteiger partial charge in [0.1, 0.15) is 0 Å². The highest BCUT2D eigenvalue weighted by atomic mass is 35.5. The molecule has 0 bridgehead atoms. The molecule has 0 radical (unpaired) electrons. The van der Waals surface area contributed by atoms with Crippen LogP contribution >= 0.6 is 12.4 Å². The number of nitrogens with one attached hydrogen (secondary N) is 2.